The van der Waals surface area contributed by atoms with E-state index in [1.54, 1.807) is 0 Å². The summed E-state index contributed by atoms with van der Waals surface area (Å²) in [5, 5.41) is 0. The summed E-state index contributed by atoms with van der Waals surface area (Å²) < 4.78 is 19.7. The number of ether oxygens (including phenoxy) is 3. The lowest BCUT2D eigenvalue weighted by atomic mass is 9.94. The fourth-order valence-electron chi connectivity index (χ4n) is 13.2. The molecule has 0 N–H and O–H groups in total. The number of unbranched alkanes of at least 4 members (excludes halogenated alkanes) is 51. The van der Waals surface area contributed by atoms with Crippen LogP contribution in [-0.2, 0) is 14.2 Å². The number of hydrogen-bond acceptors (Lipinski definition) is 3. The Morgan fingerprint density at radius 3 is 0.558 bits per heavy atom. The maximum atomic E-state index is 6.79. The molecule has 0 bridgehead atoms. The Labute approximate surface area is 548 Å². The standard InChI is InChI=1S/C53H108O2.C29H60O.CH4/c1-6-11-16-20-24-28-30-34-38-42-46-51(44-40-36-32-26-22-18-13-8-3)49-54-53(48-15-10-5)55-50-52(45-41-37-33-27-23-19-14-9-4)47-43-39-35-31-29-25-21-17-12-7-2;1-4-7-10-12-14-16-17-19-21-23-26-29(28-30-27-24-9-6-3)25-22-20-18-15-13-11-8-5-2;/h51-53H,6-50H2,1-5H3;29H,4-28H2,1-3H3;1H4. The smallest absolute Gasteiger partial charge is 0.157 e. The van der Waals surface area contributed by atoms with Crippen LogP contribution in [0, 0.1) is 17.8 Å². The molecule has 3 atom stereocenters. The summed E-state index contributed by atoms with van der Waals surface area (Å²) in [6, 6.07) is 0. The molecule has 0 aliphatic rings. The molecule has 0 heterocycles. The van der Waals surface area contributed by atoms with E-state index in [0.717, 1.165) is 38.8 Å². The molecule has 0 saturated heterocycles. The normalized spacial score (nSPS) is 13.0. The third kappa shape index (κ3) is 76.3. The van der Waals surface area contributed by atoms with Gasteiger partial charge in [-0.3, -0.25) is 0 Å². The molecule has 3 heteroatoms. The number of rotatable bonds is 75. The summed E-state index contributed by atoms with van der Waals surface area (Å²) in [6.45, 7) is 22.3. The predicted molar refractivity (Wildman–Crippen MR) is 394 cm³/mol. The van der Waals surface area contributed by atoms with E-state index in [4.69, 9.17) is 14.2 Å². The molecule has 3 nitrogen and oxygen atoms in total. The highest BCUT2D eigenvalue weighted by Crippen LogP contribution is 2.26. The van der Waals surface area contributed by atoms with Crippen molar-refractivity contribution in [2.75, 3.05) is 26.4 Å². The minimum atomic E-state index is 0. The van der Waals surface area contributed by atoms with Gasteiger partial charge >= 0.3 is 0 Å². The maximum Gasteiger partial charge on any atom is 0.157 e. The van der Waals surface area contributed by atoms with Crippen LogP contribution < -0.4 is 0 Å². The molecule has 0 aromatic carbocycles. The van der Waals surface area contributed by atoms with Crippen LogP contribution in [0.5, 0.6) is 0 Å². The molecule has 0 amide bonds. The van der Waals surface area contributed by atoms with Gasteiger partial charge in [0.25, 0.3) is 0 Å². The van der Waals surface area contributed by atoms with Crippen LogP contribution in [0.25, 0.3) is 0 Å². The predicted octanol–water partition coefficient (Wildman–Crippen LogP) is 30.7. The van der Waals surface area contributed by atoms with Crippen LogP contribution in [0.3, 0.4) is 0 Å². The molecule has 522 valence electrons. The highest BCUT2D eigenvalue weighted by atomic mass is 16.7. The van der Waals surface area contributed by atoms with Gasteiger partial charge in [0.15, 0.2) is 6.29 Å². The molecule has 0 fully saturated rings. The largest absolute Gasteiger partial charge is 0.381 e. The van der Waals surface area contributed by atoms with Crippen LogP contribution in [0.15, 0.2) is 0 Å². The fraction of sp³-hybridized carbons (Fsp3) is 1.00. The molecule has 86 heavy (non-hydrogen) atoms. The van der Waals surface area contributed by atoms with Gasteiger partial charge in [-0.05, 0) is 75.5 Å². The lowest BCUT2D eigenvalue weighted by Gasteiger charge is -2.25. The summed E-state index contributed by atoms with van der Waals surface area (Å²) in [4.78, 5) is 0. The highest BCUT2D eigenvalue weighted by Gasteiger charge is 2.18. The van der Waals surface area contributed by atoms with Crippen molar-refractivity contribution in [1.82, 2.24) is 0 Å². The van der Waals surface area contributed by atoms with Crippen molar-refractivity contribution in [1.29, 1.82) is 0 Å². The SMILES string of the molecule is C.CCCCCCCCCCCCC(CCCCCCCCCC)COC(CCCC)OCC(CCCCCCCCCC)CCCCCCCCCCCC.CCCCCCCCCCCCC(CCCCCCCCCC)COCCCCC. The first-order chi connectivity index (χ1) is 42.1. The number of hydrogen-bond donors (Lipinski definition) is 0. The second-order valence-corrected chi connectivity index (χ2v) is 28.3. The minimum Gasteiger partial charge on any atom is -0.381 e. The van der Waals surface area contributed by atoms with E-state index in [0.29, 0.717) is 11.8 Å². The Hall–Kier alpha value is -0.120. The fourth-order valence-corrected chi connectivity index (χ4v) is 13.2. The van der Waals surface area contributed by atoms with Crippen LogP contribution in [0.2, 0.25) is 0 Å². The quantitative estimate of drug-likeness (QED) is 0.0449. The Balaban J connectivity index is -0.00000188. The molecule has 0 aliphatic heterocycles. The van der Waals surface area contributed by atoms with Crippen molar-refractivity contribution < 1.29 is 14.2 Å². The summed E-state index contributed by atoms with van der Waals surface area (Å²) in [5.74, 6) is 2.24. The first-order valence-electron chi connectivity index (χ1n) is 40.9. The van der Waals surface area contributed by atoms with E-state index < -0.39 is 0 Å². The molecule has 0 saturated carbocycles. The van der Waals surface area contributed by atoms with E-state index >= 15 is 0 Å². The molecule has 0 aromatic rings. The zero-order chi connectivity index (χ0) is 61.9. The lowest BCUT2D eigenvalue weighted by Crippen LogP contribution is -2.24. The van der Waals surface area contributed by atoms with Crippen molar-refractivity contribution in [3.63, 3.8) is 0 Å². The van der Waals surface area contributed by atoms with Gasteiger partial charge < -0.3 is 14.2 Å². The first-order valence-corrected chi connectivity index (χ1v) is 40.9. The molecular weight excluding hydrogens is 1040 g/mol. The maximum absolute atomic E-state index is 6.79. The average molecular weight is 1220 g/mol. The van der Waals surface area contributed by atoms with Crippen LogP contribution >= 0.6 is 0 Å². The zero-order valence-corrected chi connectivity index (χ0v) is 61.0. The third-order valence-electron chi connectivity index (χ3n) is 19.4. The second kappa shape index (κ2) is 82.9. The van der Waals surface area contributed by atoms with Crippen molar-refractivity contribution in [3.8, 4) is 0 Å². The zero-order valence-electron chi connectivity index (χ0n) is 61.0. The second-order valence-electron chi connectivity index (χ2n) is 28.3. The highest BCUT2D eigenvalue weighted by molar-refractivity contribution is 4.66. The monoisotopic (exact) mass is 1220 g/mol. The van der Waals surface area contributed by atoms with Crippen molar-refractivity contribution in [2.24, 2.45) is 17.8 Å². The Bertz CT molecular complexity index is 1060. The van der Waals surface area contributed by atoms with Gasteiger partial charge in [-0.15, -0.1) is 0 Å². The van der Waals surface area contributed by atoms with E-state index in [1.165, 1.54) is 417 Å². The molecule has 0 aliphatic carbocycles. The van der Waals surface area contributed by atoms with Crippen molar-refractivity contribution >= 4 is 0 Å². The molecule has 3 unspecified atom stereocenters. The van der Waals surface area contributed by atoms with Crippen LogP contribution in [-0.4, -0.2) is 32.7 Å². The summed E-state index contributed by atoms with van der Waals surface area (Å²) >= 11 is 0. The Morgan fingerprint density at radius 2 is 0.349 bits per heavy atom. The van der Waals surface area contributed by atoms with E-state index in [1.807, 2.05) is 0 Å². The Kier molecular flexibility index (Phi) is 86.8. The van der Waals surface area contributed by atoms with Gasteiger partial charge in [-0.2, -0.15) is 0 Å². The van der Waals surface area contributed by atoms with Crippen LogP contribution in [0.1, 0.15) is 487 Å². The van der Waals surface area contributed by atoms with Crippen LogP contribution in [0.4, 0.5) is 0 Å². The van der Waals surface area contributed by atoms with Gasteiger partial charge in [0, 0.05) is 13.2 Å². The first kappa shape index (κ1) is 90.1. The third-order valence-corrected chi connectivity index (χ3v) is 19.4. The topological polar surface area (TPSA) is 27.7 Å². The average Bonchev–Trinajstić information content (AvgIpc) is 3.52. The summed E-state index contributed by atoms with van der Waals surface area (Å²) in [6.07, 6.45) is 92.6. The van der Waals surface area contributed by atoms with Gasteiger partial charge in [0.2, 0.25) is 0 Å². The minimum absolute atomic E-state index is 0. The molecule has 0 spiro atoms. The van der Waals surface area contributed by atoms with Crippen molar-refractivity contribution in [2.45, 2.75) is 493 Å². The van der Waals surface area contributed by atoms with Crippen molar-refractivity contribution in [3.05, 3.63) is 0 Å². The molecule has 0 radical (unpaired) electrons. The van der Waals surface area contributed by atoms with Gasteiger partial charge in [0.1, 0.15) is 0 Å². The molecule has 0 aromatic heterocycles. The molecule has 0 rings (SSSR count). The van der Waals surface area contributed by atoms with Gasteiger partial charge in [-0.25, -0.2) is 0 Å². The van der Waals surface area contributed by atoms with Gasteiger partial charge in [0.05, 0.1) is 13.2 Å². The van der Waals surface area contributed by atoms with E-state index in [2.05, 4.69) is 55.4 Å². The van der Waals surface area contributed by atoms with Gasteiger partial charge in [-0.1, -0.05) is 429 Å². The summed E-state index contributed by atoms with van der Waals surface area (Å²) in [7, 11) is 0. The van der Waals surface area contributed by atoms with E-state index in [-0.39, 0.29) is 13.7 Å². The molecular formula is C83H172O3. The summed E-state index contributed by atoms with van der Waals surface area (Å²) in [5.41, 5.74) is 0. The van der Waals surface area contributed by atoms with E-state index in [9.17, 15) is 0 Å². The lowest BCUT2D eigenvalue weighted by molar-refractivity contribution is -0.162. The Morgan fingerprint density at radius 1 is 0.174 bits per heavy atom.